The van der Waals surface area contributed by atoms with Crippen LogP contribution in [0.25, 0.3) is 11.4 Å². The molecular formula is C30H35N3O. The summed E-state index contributed by atoms with van der Waals surface area (Å²) < 4.78 is 8.16. The van der Waals surface area contributed by atoms with E-state index in [0.717, 1.165) is 50.6 Å². The molecule has 0 saturated carbocycles. The van der Waals surface area contributed by atoms with Gasteiger partial charge in [-0.1, -0.05) is 86.1 Å². The van der Waals surface area contributed by atoms with Gasteiger partial charge in [0.15, 0.2) is 0 Å². The van der Waals surface area contributed by atoms with Crippen molar-refractivity contribution in [2.75, 3.05) is 6.61 Å². The van der Waals surface area contributed by atoms with Gasteiger partial charge in [-0.05, 0) is 36.6 Å². The third-order valence-electron chi connectivity index (χ3n) is 5.96. The first-order valence-corrected chi connectivity index (χ1v) is 12.3. The lowest BCUT2D eigenvalue weighted by molar-refractivity contribution is 0.240. The van der Waals surface area contributed by atoms with E-state index in [0.29, 0.717) is 6.61 Å². The normalized spacial score (nSPS) is 11.1. The Balaban J connectivity index is 1.62. The lowest BCUT2D eigenvalue weighted by Crippen LogP contribution is -2.24. The molecule has 0 N–H and O–H groups in total. The summed E-state index contributed by atoms with van der Waals surface area (Å²) in [4.78, 5) is 7.36. The smallest absolute Gasteiger partial charge is 0.140 e. The van der Waals surface area contributed by atoms with Gasteiger partial charge in [-0.3, -0.25) is 4.90 Å². The first-order chi connectivity index (χ1) is 16.8. The van der Waals surface area contributed by atoms with Gasteiger partial charge in [-0.25, -0.2) is 4.98 Å². The number of hydrogen-bond donors (Lipinski definition) is 0. The molecule has 4 heteroatoms. The highest BCUT2D eigenvalue weighted by Gasteiger charge is 2.16. The number of imidazole rings is 1. The number of benzene rings is 3. The van der Waals surface area contributed by atoms with E-state index in [1.807, 2.05) is 13.0 Å². The van der Waals surface area contributed by atoms with E-state index in [9.17, 15) is 0 Å². The van der Waals surface area contributed by atoms with Crippen molar-refractivity contribution in [1.82, 2.24) is 14.5 Å². The van der Waals surface area contributed by atoms with Crippen LogP contribution in [0.2, 0.25) is 0 Å². The first-order valence-electron chi connectivity index (χ1n) is 12.3. The van der Waals surface area contributed by atoms with Gasteiger partial charge in [-0.2, -0.15) is 0 Å². The molecule has 4 aromatic rings. The number of ether oxygens (including phenoxy) is 1. The van der Waals surface area contributed by atoms with Crippen molar-refractivity contribution in [2.24, 2.45) is 0 Å². The molecule has 0 amide bonds. The SMILES string of the molecule is CCCCn1c(CN(Cc2ccccc2)Cc2cccc(OCC)c2)cnc1-c1ccccc1. The Morgan fingerprint density at radius 2 is 1.50 bits per heavy atom. The van der Waals surface area contributed by atoms with Crippen molar-refractivity contribution >= 4 is 0 Å². The van der Waals surface area contributed by atoms with Gasteiger partial charge in [0.05, 0.1) is 18.5 Å². The van der Waals surface area contributed by atoms with Crippen LogP contribution in [0.4, 0.5) is 0 Å². The topological polar surface area (TPSA) is 30.3 Å². The quantitative estimate of drug-likeness (QED) is 0.232. The average molecular weight is 454 g/mol. The van der Waals surface area contributed by atoms with Gasteiger partial charge in [-0.15, -0.1) is 0 Å². The summed E-state index contributed by atoms with van der Waals surface area (Å²) in [5.41, 5.74) is 4.99. The Bertz CT molecular complexity index is 1140. The number of aromatic nitrogens is 2. The van der Waals surface area contributed by atoms with Crippen molar-refractivity contribution in [3.8, 4) is 17.1 Å². The molecule has 0 spiro atoms. The van der Waals surface area contributed by atoms with Gasteiger partial charge < -0.3 is 9.30 Å². The van der Waals surface area contributed by atoms with Crippen molar-refractivity contribution in [3.63, 3.8) is 0 Å². The zero-order valence-electron chi connectivity index (χ0n) is 20.4. The number of unbranched alkanes of at least 4 members (excludes halogenated alkanes) is 1. The summed E-state index contributed by atoms with van der Waals surface area (Å²) in [7, 11) is 0. The Kier molecular flexibility index (Phi) is 8.53. The highest BCUT2D eigenvalue weighted by molar-refractivity contribution is 5.55. The predicted molar refractivity (Wildman–Crippen MR) is 140 cm³/mol. The van der Waals surface area contributed by atoms with E-state index in [4.69, 9.17) is 9.72 Å². The van der Waals surface area contributed by atoms with Gasteiger partial charge in [0, 0.05) is 31.7 Å². The van der Waals surface area contributed by atoms with Crippen molar-refractivity contribution in [3.05, 3.63) is 108 Å². The van der Waals surface area contributed by atoms with E-state index in [1.54, 1.807) is 0 Å². The van der Waals surface area contributed by atoms with E-state index in [1.165, 1.54) is 22.4 Å². The molecule has 0 radical (unpaired) electrons. The third kappa shape index (κ3) is 6.36. The molecular weight excluding hydrogens is 418 g/mol. The van der Waals surface area contributed by atoms with Crippen LogP contribution in [-0.4, -0.2) is 21.1 Å². The fourth-order valence-corrected chi connectivity index (χ4v) is 4.32. The highest BCUT2D eigenvalue weighted by atomic mass is 16.5. The average Bonchev–Trinajstić information content (AvgIpc) is 3.26. The largest absolute Gasteiger partial charge is 0.494 e. The molecule has 0 bridgehead atoms. The molecule has 1 aromatic heterocycles. The Hall–Kier alpha value is -3.37. The second-order valence-corrected chi connectivity index (χ2v) is 8.66. The molecule has 34 heavy (non-hydrogen) atoms. The number of nitrogens with zero attached hydrogens (tertiary/aromatic N) is 3. The van der Waals surface area contributed by atoms with Gasteiger partial charge in [0.25, 0.3) is 0 Å². The molecule has 0 aliphatic heterocycles. The maximum Gasteiger partial charge on any atom is 0.140 e. The van der Waals surface area contributed by atoms with Crippen molar-refractivity contribution in [2.45, 2.75) is 52.9 Å². The molecule has 1 heterocycles. The molecule has 176 valence electrons. The minimum atomic E-state index is 0.677. The van der Waals surface area contributed by atoms with Crippen LogP contribution < -0.4 is 4.74 Å². The minimum absolute atomic E-state index is 0.677. The van der Waals surface area contributed by atoms with Gasteiger partial charge >= 0.3 is 0 Å². The number of hydrogen-bond acceptors (Lipinski definition) is 3. The van der Waals surface area contributed by atoms with E-state index >= 15 is 0 Å². The standard InChI is InChI=1S/C30H35N3O/c1-3-5-19-33-28(21-31-30(33)27-16-10-7-11-17-27)24-32(22-25-13-8-6-9-14-25)23-26-15-12-18-29(20-26)34-4-2/h6-18,20-21H,3-5,19,22-24H2,1-2H3. The summed E-state index contributed by atoms with van der Waals surface area (Å²) in [6, 6.07) is 29.7. The van der Waals surface area contributed by atoms with Crippen LogP contribution in [0.3, 0.4) is 0 Å². The van der Waals surface area contributed by atoms with Crippen molar-refractivity contribution in [1.29, 1.82) is 0 Å². The molecule has 3 aromatic carbocycles. The molecule has 0 unspecified atom stereocenters. The van der Waals surface area contributed by atoms with Crippen LogP contribution >= 0.6 is 0 Å². The summed E-state index contributed by atoms with van der Waals surface area (Å²) >= 11 is 0. The molecule has 4 rings (SSSR count). The molecule has 0 atom stereocenters. The van der Waals surface area contributed by atoms with Crippen LogP contribution in [-0.2, 0) is 26.2 Å². The van der Waals surface area contributed by atoms with Gasteiger partial charge in [0.1, 0.15) is 11.6 Å². The minimum Gasteiger partial charge on any atom is -0.494 e. The van der Waals surface area contributed by atoms with Crippen LogP contribution in [0.15, 0.2) is 91.1 Å². The Morgan fingerprint density at radius 3 is 2.24 bits per heavy atom. The zero-order chi connectivity index (χ0) is 23.6. The fourth-order valence-electron chi connectivity index (χ4n) is 4.32. The monoisotopic (exact) mass is 453 g/mol. The zero-order valence-corrected chi connectivity index (χ0v) is 20.4. The fraction of sp³-hybridized carbons (Fsp3) is 0.300. The second-order valence-electron chi connectivity index (χ2n) is 8.66. The first kappa shape index (κ1) is 23.8. The Morgan fingerprint density at radius 1 is 0.794 bits per heavy atom. The van der Waals surface area contributed by atoms with E-state index in [-0.39, 0.29) is 0 Å². The maximum atomic E-state index is 5.75. The van der Waals surface area contributed by atoms with Gasteiger partial charge in [0.2, 0.25) is 0 Å². The molecule has 0 aliphatic carbocycles. The molecule has 4 nitrogen and oxygen atoms in total. The highest BCUT2D eigenvalue weighted by Crippen LogP contribution is 2.23. The van der Waals surface area contributed by atoms with Crippen LogP contribution in [0, 0.1) is 0 Å². The Labute approximate surface area is 203 Å². The molecule has 0 fully saturated rings. The lowest BCUT2D eigenvalue weighted by Gasteiger charge is -2.24. The molecule has 0 saturated heterocycles. The summed E-state index contributed by atoms with van der Waals surface area (Å²) in [6.45, 7) is 8.47. The van der Waals surface area contributed by atoms with Crippen molar-refractivity contribution < 1.29 is 4.74 Å². The maximum absolute atomic E-state index is 5.75. The predicted octanol–water partition coefficient (Wildman–Crippen LogP) is 6.95. The molecule has 0 aliphatic rings. The van der Waals surface area contributed by atoms with E-state index < -0.39 is 0 Å². The number of rotatable bonds is 12. The van der Waals surface area contributed by atoms with Crippen LogP contribution in [0.1, 0.15) is 43.5 Å². The lowest BCUT2D eigenvalue weighted by atomic mass is 10.1. The second kappa shape index (κ2) is 12.2. The van der Waals surface area contributed by atoms with E-state index in [2.05, 4.69) is 101 Å². The summed E-state index contributed by atoms with van der Waals surface area (Å²) in [6.07, 6.45) is 4.36. The van der Waals surface area contributed by atoms with Crippen LogP contribution in [0.5, 0.6) is 5.75 Å². The summed E-state index contributed by atoms with van der Waals surface area (Å²) in [5.74, 6) is 1.99. The third-order valence-corrected chi connectivity index (χ3v) is 5.96. The summed E-state index contributed by atoms with van der Waals surface area (Å²) in [5, 5.41) is 0.